The van der Waals surface area contributed by atoms with Crippen molar-refractivity contribution >= 4 is 28.6 Å². The third kappa shape index (κ3) is 5.49. The number of para-hydroxylation sites is 1. The number of fused-ring (bicyclic) bond motifs is 1. The summed E-state index contributed by atoms with van der Waals surface area (Å²) in [5, 5.41) is 3.88. The minimum Gasteiger partial charge on any atom is -0.355 e. The summed E-state index contributed by atoms with van der Waals surface area (Å²) in [4.78, 5) is 30.5. The van der Waals surface area contributed by atoms with Gasteiger partial charge in [-0.2, -0.15) is 0 Å². The van der Waals surface area contributed by atoms with Crippen molar-refractivity contribution in [2.75, 3.05) is 12.3 Å². The fourth-order valence-corrected chi connectivity index (χ4v) is 4.54. The molecule has 7 heteroatoms. The van der Waals surface area contributed by atoms with Crippen molar-refractivity contribution < 1.29 is 9.18 Å². The Bertz CT molecular complexity index is 1350. The highest BCUT2D eigenvalue weighted by Crippen LogP contribution is 2.22. The van der Waals surface area contributed by atoms with Gasteiger partial charge in [0.15, 0.2) is 5.16 Å². The van der Waals surface area contributed by atoms with Crippen molar-refractivity contribution in [2.24, 2.45) is 0 Å². The SMILES string of the molecule is Cc1cc(C)cc(-n2c(SCC(=O)NCCc3ccc(F)cc3)nc3ccccc3c2=O)c1. The predicted molar refractivity (Wildman–Crippen MR) is 131 cm³/mol. The minimum absolute atomic E-state index is 0.124. The van der Waals surface area contributed by atoms with E-state index in [9.17, 15) is 14.0 Å². The third-order valence-electron chi connectivity index (χ3n) is 5.19. The van der Waals surface area contributed by atoms with Crippen LogP contribution < -0.4 is 10.9 Å². The second-order valence-electron chi connectivity index (χ2n) is 7.91. The van der Waals surface area contributed by atoms with E-state index in [1.54, 1.807) is 28.8 Å². The van der Waals surface area contributed by atoms with Gasteiger partial charge in [0, 0.05) is 6.54 Å². The van der Waals surface area contributed by atoms with Crippen LogP contribution >= 0.6 is 11.8 Å². The largest absolute Gasteiger partial charge is 0.355 e. The first kappa shape index (κ1) is 22.7. The quantitative estimate of drug-likeness (QED) is 0.323. The minimum atomic E-state index is -0.281. The molecule has 0 aliphatic rings. The van der Waals surface area contributed by atoms with Gasteiger partial charge in [0.25, 0.3) is 5.56 Å². The van der Waals surface area contributed by atoms with Crippen LogP contribution in [0.15, 0.2) is 76.7 Å². The molecule has 0 saturated carbocycles. The normalized spacial score (nSPS) is 11.0. The molecule has 3 aromatic carbocycles. The standard InChI is InChI=1S/C26H24FN3O2S/c1-17-13-18(2)15-21(14-17)30-25(32)22-5-3-4-6-23(22)29-26(30)33-16-24(31)28-12-11-19-7-9-20(27)10-8-19/h3-10,13-15H,11-12,16H2,1-2H3,(H,28,31). The molecule has 0 fully saturated rings. The van der Waals surface area contributed by atoms with Crippen LogP contribution in [-0.4, -0.2) is 27.8 Å². The van der Waals surface area contributed by atoms with E-state index in [2.05, 4.69) is 5.32 Å². The lowest BCUT2D eigenvalue weighted by molar-refractivity contribution is -0.118. The third-order valence-corrected chi connectivity index (χ3v) is 6.13. The van der Waals surface area contributed by atoms with Crippen molar-refractivity contribution in [3.63, 3.8) is 0 Å². The monoisotopic (exact) mass is 461 g/mol. The van der Waals surface area contributed by atoms with Crippen LogP contribution in [-0.2, 0) is 11.2 Å². The van der Waals surface area contributed by atoms with Crippen LogP contribution in [0.5, 0.6) is 0 Å². The Morgan fingerprint density at radius 3 is 2.45 bits per heavy atom. The number of rotatable bonds is 7. The number of aryl methyl sites for hydroxylation is 2. The first-order chi connectivity index (χ1) is 15.9. The first-order valence-corrected chi connectivity index (χ1v) is 11.6. The molecule has 1 aromatic heterocycles. The van der Waals surface area contributed by atoms with E-state index in [1.165, 1.54) is 23.9 Å². The summed E-state index contributed by atoms with van der Waals surface area (Å²) < 4.78 is 14.6. The maximum absolute atomic E-state index is 13.4. The van der Waals surface area contributed by atoms with Crippen molar-refractivity contribution in [2.45, 2.75) is 25.4 Å². The molecule has 0 bridgehead atoms. The number of halogens is 1. The Hall–Kier alpha value is -3.45. The van der Waals surface area contributed by atoms with E-state index in [4.69, 9.17) is 4.98 Å². The molecule has 168 valence electrons. The van der Waals surface area contributed by atoms with Crippen molar-refractivity contribution in [1.82, 2.24) is 14.9 Å². The topological polar surface area (TPSA) is 64.0 Å². The fourth-order valence-electron chi connectivity index (χ4n) is 3.70. The zero-order chi connectivity index (χ0) is 23.4. The molecule has 0 aliphatic carbocycles. The molecule has 5 nitrogen and oxygen atoms in total. The molecule has 0 unspecified atom stereocenters. The van der Waals surface area contributed by atoms with Gasteiger partial charge in [-0.05, 0) is 73.4 Å². The summed E-state index contributed by atoms with van der Waals surface area (Å²) in [6.07, 6.45) is 0.609. The second kappa shape index (κ2) is 10.0. The predicted octanol–water partition coefficient (Wildman–Crippen LogP) is 4.59. The number of thioether (sulfide) groups is 1. The highest BCUT2D eigenvalue weighted by molar-refractivity contribution is 7.99. The highest BCUT2D eigenvalue weighted by atomic mass is 32.2. The molecule has 33 heavy (non-hydrogen) atoms. The molecule has 4 aromatic rings. The van der Waals surface area contributed by atoms with Gasteiger partial charge in [0.1, 0.15) is 5.82 Å². The summed E-state index contributed by atoms with van der Waals surface area (Å²) in [6, 6.07) is 19.4. The number of carbonyl (C=O) groups excluding carboxylic acids is 1. The summed E-state index contributed by atoms with van der Waals surface area (Å²) in [5.41, 5.74) is 4.20. The van der Waals surface area contributed by atoms with E-state index in [1.807, 2.05) is 44.2 Å². The average Bonchev–Trinajstić information content (AvgIpc) is 2.78. The van der Waals surface area contributed by atoms with E-state index < -0.39 is 0 Å². The molecule has 0 atom stereocenters. The van der Waals surface area contributed by atoms with Crippen LogP contribution in [0.25, 0.3) is 16.6 Å². The summed E-state index contributed by atoms with van der Waals surface area (Å²) >= 11 is 1.23. The highest BCUT2D eigenvalue weighted by Gasteiger charge is 2.15. The smallest absolute Gasteiger partial charge is 0.266 e. The lowest BCUT2D eigenvalue weighted by Crippen LogP contribution is -2.28. The zero-order valence-corrected chi connectivity index (χ0v) is 19.3. The number of nitrogens with zero attached hydrogens (tertiary/aromatic N) is 2. The van der Waals surface area contributed by atoms with E-state index >= 15 is 0 Å². The lowest BCUT2D eigenvalue weighted by Gasteiger charge is -2.14. The van der Waals surface area contributed by atoms with Gasteiger partial charge < -0.3 is 5.32 Å². The van der Waals surface area contributed by atoms with Gasteiger partial charge in [-0.3, -0.25) is 14.2 Å². The molecular weight excluding hydrogens is 437 g/mol. The molecule has 0 spiro atoms. The fraction of sp³-hybridized carbons (Fsp3) is 0.192. The number of carbonyl (C=O) groups is 1. The average molecular weight is 462 g/mol. The Morgan fingerprint density at radius 1 is 1.03 bits per heavy atom. The molecule has 0 aliphatic heterocycles. The maximum atomic E-state index is 13.4. The first-order valence-electron chi connectivity index (χ1n) is 10.6. The molecule has 1 heterocycles. The molecule has 0 radical (unpaired) electrons. The second-order valence-corrected chi connectivity index (χ2v) is 8.86. The Morgan fingerprint density at radius 2 is 1.73 bits per heavy atom. The van der Waals surface area contributed by atoms with E-state index in [0.29, 0.717) is 29.0 Å². The molecule has 1 N–H and O–H groups in total. The number of nitrogens with one attached hydrogen (secondary N) is 1. The van der Waals surface area contributed by atoms with Crippen molar-refractivity contribution in [1.29, 1.82) is 0 Å². The van der Waals surface area contributed by atoms with E-state index in [-0.39, 0.29) is 23.0 Å². The Labute approximate surface area is 195 Å². The van der Waals surface area contributed by atoms with Gasteiger partial charge >= 0.3 is 0 Å². The van der Waals surface area contributed by atoms with Crippen molar-refractivity contribution in [3.8, 4) is 5.69 Å². The molecular formula is C26H24FN3O2S. The summed E-state index contributed by atoms with van der Waals surface area (Å²) in [7, 11) is 0. The van der Waals surface area contributed by atoms with E-state index in [0.717, 1.165) is 22.4 Å². The van der Waals surface area contributed by atoms with Crippen LogP contribution in [0.3, 0.4) is 0 Å². The van der Waals surface area contributed by atoms with Crippen LogP contribution in [0, 0.1) is 19.7 Å². The van der Waals surface area contributed by atoms with Crippen LogP contribution in [0.2, 0.25) is 0 Å². The lowest BCUT2D eigenvalue weighted by atomic mass is 10.1. The summed E-state index contributed by atoms with van der Waals surface area (Å²) in [6.45, 7) is 4.41. The molecule has 4 rings (SSSR count). The Kier molecular flexibility index (Phi) is 6.89. The zero-order valence-electron chi connectivity index (χ0n) is 18.5. The number of amides is 1. The van der Waals surface area contributed by atoms with Gasteiger partial charge in [-0.15, -0.1) is 0 Å². The van der Waals surface area contributed by atoms with Gasteiger partial charge in [0.2, 0.25) is 5.91 Å². The van der Waals surface area contributed by atoms with Crippen LogP contribution in [0.4, 0.5) is 4.39 Å². The number of hydrogen-bond donors (Lipinski definition) is 1. The number of aromatic nitrogens is 2. The van der Waals surface area contributed by atoms with Crippen LogP contribution in [0.1, 0.15) is 16.7 Å². The summed E-state index contributed by atoms with van der Waals surface area (Å²) in [5.74, 6) is -0.313. The van der Waals surface area contributed by atoms with Crippen molar-refractivity contribution in [3.05, 3.63) is 99.6 Å². The van der Waals surface area contributed by atoms with Gasteiger partial charge in [0.05, 0.1) is 22.3 Å². The molecule has 0 saturated heterocycles. The maximum Gasteiger partial charge on any atom is 0.266 e. The molecule has 1 amide bonds. The van der Waals surface area contributed by atoms with Gasteiger partial charge in [-0.1, -0.05) is 42.1 Å². The Balaban J connectivity index is 1.54. The van der Waals surface area contributed by atoms with Gasteiger partial charge in [-0.25, -0.2) is 9.37 Å². The number of hydrogen-bond acceptors (Lipinski definition) is 4. The number of benzene rings is 3.